The Kier molecular flexibility index (Phi) is 2.76. The molecule has 4 N–H and O–H groups in total. The molecular weight excluding hydrogens is 182 g/mol. The highest BCUT2D eigenvalue weighted by Crippen LogP contribution is 2.27. The summed E-state index contributed by atoms with van der Waals surface area (Å²) in [5.41, 5.74) is 6.73. The van der Waals surface area contributed by atoms with E-state index in [-0.39, 0.29) is 17.4 Å². The molecule has 0 heterocycles. The van der Waals surface area contributed by atoms with Crippen LogP contribution in [0.15, 0.2) is 12.1 Å². The summed E-state index contributed by atoms with van der Waals surface area (Å²) in [5.74, 6) is -0.944. The van der Waals surface area contributed by atoms with Crippen molar-refractivity contribution in [2.24, 2.45) is 5.73 Å². The van der Waals surface area contributed by atoms with E-state index in [1.165, 1.54) is 12.1 Å². The van der Waals surface area contributed by atoms with E-state index in [2.05, 4.69) is 0 Å². The molecule has 1 unspecified atom stereocenters. The van der Waals surface area contributed by atoms with Crippen molar-refractivity contribution in [1.82, 2.24) is 0 Å². The van der Waals surface area contributed by atoms with Crippen molar-refractivity contribution in [2.75, 3.05) is 0 Å². The second-order valence-corrected chi connectivity index (χ2v) is 3.32. The Morgan fingerprint density at radius 1 is 1.50 bits per heavy atom. The zero-order valence-electron chi connectivity index (χ0n) is 8.11. The lowest BCUT2D eigenvalue weighted by atomic mass is 10.0. The molecular formula is C10H13NO3. The van der Waals surface area contributed by atoms with Crippen molar-refractivity contribution in [3.8, 4) is 5.75 Å². The zero-order chi connectivity index (χ0) is 10.9. The second kappa shape index (κ2) is 3.67. The minimum Gasteiger partial charge on any atom is -0.507 e. The van der Waals surface area contributed by atoms with Crippen LogP contribution >= 0.6 is 0 Å². The van der Waals surface area contributed by atoms with Gasteiger partial charge in [-0.05, 0) is 31.5 Å². The number of aromatic carboxylic acids is 1. The molecule has 0 amide bonds. The molecule has 1 rings (SSSR count). The first kappa shape index (κ1) is 10.5. The summed E-state index contributed by atoms with van der Waals surface area (Å²) in [6.45, 7) is 3.34. The van der Waals surface area contributed by atoms with Gasteiger partial charge in [-0.3, -0.25) is 0 Å². The number of aryl methyl sites for hydroxylation is 1. The molecule has 0 saturated carbocycles. The Morgan fingerprint density at radius 2 is 2.07 bits per heavy atom. The van der Waals surface area contributed by atoms with Gasteiger partial charge < -0.3 is 15.9 Å². The van der Waals surface area contributed by atoms with Crippen molar-refractivity contribution in [1.29, 1.82) is 0 Å². The first-order chi connectivity index (χ1) is 6.43. The molecule has 1 atom stereocenters. The van der Waals surface area contributed by atoms with Gasteiger partial charge in [0.2, 0.25) is 0 Å². The van der Waals surface area contributed by atoms with Crippen molar-refractivity contribution in [2.45, 2.75) is 19.9 Å². The first-order valence-corrected chi connectivity index (χ1v) is 4.26. The van der Waals surface area contributed by atoms with Gasteiger partial charge in [-0.1, -0.05) is 0 Å². The van der Waals surface area contributed by atoms with Gasteiger partial charge in [0, 0.05) is 11.6 Å². The average molecular weight is 195 g/mol. The van der Waals surface area contributed by atoms with Crippen LogP contribution in [0.5, 0.6) is 5.75 Å². The van der Waals surface area contributed by atoms with Crippen molar-refractivity contribution >= 4 is 5.97 Å². The van der Waals surface area contributed by atoms with Crippen molar-refractivity contribution in [3.63, 3.8) is 0 Å². The minimum absolute atomic E-state index is 0.0741. The molecule has 0 spiro atoms. The molecule has 14 heavy (non-hydrogen) atoms. The van der Waals surface area contributed by atoms with E-state index in [0.29, 0.717) is 11.1 Å². The van der Waals surface area contributed by atoms with Gasteiger partial charge >= 0.3 is 5.97 Å². The number of phenols is 1. The SMILES string of the molecule is Cc1cc(C(=O)O)cc(C(C)N)c1O. The quantitative estimate of drug-likeness (QED) is 0.666. The standard InChI is InChI=1S/C10H13NO3/c1-5-3-7(10(13)14)4-8(6(2)11)9(5)12/h3-4,6,12H,11H2,1-2H3,(H,13,14). The first-order valence-electron chi connectivity index (χ1n) is 4.26. The third-order valence-electron chi connectivity index (χ3n) is 2.07. The maximum Gasteiger partial charge on any atom is 0.335 e. The smallest absolute Gasteiger partial charge is 0.335 e. The Balaban J connectivity index is 3.35. The molecule has 0 aliphatic rings. The van der Waals surface area contributed by atoms with E-state index < -0.39 is 5.97 Å². The summed E-state index contributed by atoms with van der Waals surface area (Å²) in [5, 5.41) is 18.4. The third kappa shape index (κ3) is 1.85. The van der Waals surface area contributed by atoms with Crippen LogP contribution in [0.4, 0.5) is 0 Å². The molecule has 0 saturated heterocycles. The van der Waals surface area contributed by atoms with E-state index in [4.69, 9.17) is 10.8 Å². The summed E-state index contributed by atoms with van der Waals surface area (Å²) >= 11 is 0. The van der Waals surface area contributed by atoms with Crippen LogP contribution in [0.2, 0.25) is 0 Å². The van der Waals surface area contributed by atoms with Gasteiger partial charge in [-0.25, -0.2) is 4.79 Å². The predicted octanol–water partition coefficient (Wildman–Crippen LogP) is 1.42. The van der Waals surface area contributed by atoms with E-state index in [0.717, 1.165) is 0 Å². The van der Waals surface area contributed by atoms with Crippen molar-refractivity contribution in [3.05, 3.63) is 28.8 Å². The highest BCUT2D eigenvalue weighted by molar-refractivity contribution is 5.88. The molecule has 0 bridgehead atoms. The summed E-state index contributed by atoms with van der Waals surface area (Å²) in [6.07, 6.45) is 0. The predicted molar refractivity (Wildman–Crippen MR) is 52.4 cm³/mol. The molecule has 0 aliphatic carbocycles. The fourth-order valence-corrected chi connectivity index (χ4v) is 1.28. The largest absolute Gasteiger partial charge is 0.507 e. The minimum atomic E-state index is -1.02. The summed E-state index contributed by atoms with van der Waals surface area (Å²) < 4.78 is 0. The fourth-order valence-electron chi connectivity index (χ4n) is 1.28. The number of benzene rings is 1. The molecule has 4 heteroatoms. The number of carbonyl (C=O) groups is 1. The highest BCUT2D eigenvalue weighted by atomic mass is 16.4. The molecule has 0 radical (unpaired) electrons. The Morgan fingerprint density at radius 3 is 2.50 bits per heavy atom. The van der Waals surface area contributed by atoms with E-state index >= 15 is 0 Å². The Hall–Kier alpha value is -1.55. The zero-order valence-corrected chi connectivity index (χ0v) is 8.11. The Labute approximate surface area is 82.0 Å². The van der Waals surface area contributed by atoms with Crippen LogP contribution in [0.25, 0.3) is 0 Å². The van der Waals surface area contributed by atoms with Crippen LogP contribution in [0.1, 0.15) is 34.5 Å². The molecule has 4 nitrogen and oxygen atoms in total. The van der Waals surface area contributed by atoms with Crippen LogP contribution in [-0.4, -0.2) is 16.2 Å². The maximum atomic E-state index is 10.7. The monoisotopic (exact) mass is 195 g/mol. The lowest BCUT2D eigenvalue weighted by Gasteiger charge is -2.11. The summed E-state index contributed by atoms with van der Waals surface area (Å²) in [6, 6.07) is 2.44. The molecule has 1 aromatic rings. The van der Waals surface area contributed by atoms with Gasteiger partial charge in [0.05, 0.1) is 5.56 Å². The second-order valence-electron chi connectivity index (χ2n) is 3.32. The van der Waals surface area contributed by atoms with Crippen LogP contribution in [0.3, 0.4) is 0 Å². The van der Waals surface area contributed by atoms with Gasteiger partial charge in [0.1, 0.15) is 5.75 Å². The number of hydrogen-bond donors (Lipinski definition) is 3. The normalized spacial score (nSPS) is 12.5. The van der Waals surface area contributed by atoms with Crippen molar-refractivity contribution < 1.29 is 15.0 Å². The summed E-state index contributed by atoms with van der Waals surface area (Å²) in [4.78, 5) is 10.7. The molecule has 1 aromatic carbocycles. The van der Waals surface area contributed by atoms with Gasteiger partial charge in [0.25, 0.3) is 0 Å². The molecule has 0 aromatic heterocycles. The number of carboxylic acids is 1. The van der Waals surface area contributed by atoms with E-state index in [1.54, 1.807) is 13.8 Å². The van der Waals surface area contributed by atoms with Crippen LogP contribution in [-0.2, 0) is 0 Å². The van der Waals surface area contributed by atoms with Gasteiger partial charge in [-0.15, -0.1) is 0 Å². The van der Waals surface area contributed by atoms with E-state index in [1.807, 2.05) is 0 Å². The number of aromatic hydroxyl groups is 1. The molecule has 0 aliphatic heterocycles. The van der Waals surface area contributed by atoms with Crippen LogP contribution < -0.4 is 5.73 Å². The number of hydrogen-bond acceptors (Lipinski definition) is 3. The number of rotatable bonds is 2. The number of carboxylic acid groups (broad SMARTS) is 1. The lowest BCUT2D eigenvalue weighted by molar-refractivity contribution is 0.0696. The number of phenolic OH excluding ortho intramolecular Hbond substituents is 1. The molecule has 0 fully saturated rings. The Bertz CT molecular complexity index is 372. The van der Waals surface area contributed by atoms with Gasteiger partial charge in [-0.2, -0.15) is 0 Å². The number of nitrogens with two attached hydrogens (primary N) is 1. The average Bonchev–Trinajstić information content (AvgIpc) is 2.08. The highest BCUT2D eigenvalue weighted by Gasteiger charge is 2.13. The summed E-state index contributed by atoms with van der Waals surface area (Å²) in [7, 11) is 0. The maximum absolute atomic E-state index is 10.7. The lowest BCUT2D eigenvalue weighted by Crippen LogP contribution is -2.08. The van der Waals surface area contributed by atoms with Crippen LogP contribution in [0, 0.1) is 6.92 Å². The topological polar surface area (TPSA) is 83.5 Å². The molecule has 76 valence electrons. The third-order valence-corrected chi connectivity index (χ3v) is 2.07. The van der Waals surface area contributed by atoms with E-state index in [9.17, 15) is 9.90 Å². The fraction of sp³-hybridized carbons (Fsp3) is 0.300. The van der Waals surface area contributed by atoms with Gasteiger partial charge in [0.15, 0.2) is 0 Å².